The third-order valence-electron chi connectivity index (χ3n) is 1.76. The molecule has 0 amide bonds. The van der Waals surface area contributed by atoms with Crippen molar-refractivity contribution in [3.05, 3.63) is 46.2 Å². The molecule has 5 heteroatoms. The zero-order chi connectivity index (χ0) is 11.4. The fourth-order valence-electron chi connectivity index (χ4n) is 1.06. The molecule has 1 rings (SSSR count). The number of carbonyl (C=O) groups is 1. The lowest BCUT2D eigenvalue weighted by Crippen LogP contribution is -2.09. The molecule has 1 aromatic rings. The number of carboxylic acid groups (broad SMARTS) is 1. The molecule has 0 spiro atoms. The van der Waals surface area contributed by atoms with Gasteiger partial charge in [-0.3, -0.25) is 0 Å². The summed E-state index contributed by atoms with van der Waals surface area (Å²) in [5, 5.41) is 8.39. The van der Waals surface area contributed by atoms with Crippen LogP contribution in [-0.2, 0) is 4.79 Å². The van der Waals surface area contributed by atoms with Crippen LogP contribution in [0.1, 0.15) is 11.6 Å². The van der Waals surface area contributed by atoms with Gasteiger partial charge in [0.05, 0.1) is 6.04 Å². The normalized spacial score (nSPS) is 13.0. The number of halogens is 2. The standard InChI is InChI=1S/C10H9BrFNO2/c11-6-1-2-8(12)7(5-6)9(13)3-4-10(14)15/h1-5,9H,13H2,(H,14,15)/b4-3+. The number of nitrogens with two attached hydrogens (primary N) is 1. The van der Waals surface area contributed by atoms with Crippen LogP contribution >= 0.6 is 15.9 Å². The molecule has 0 aromatic heterocycles. The number of hydrogen-bond acceptors (Lipinski definition) is 2. The molecular weight excluding hydrogens is 265 g/mol. The topological polar surface area (TPSA) is 63.3 Å². The van der Waals surface area contributed by atoms with Gasteiger partial charge in [-0.15, -0.1) is 0 Å². The maximum Gasteiger partial charge on any atom is 0.328 e. The van der Waals surface area contributed by atoms with Gasteiger partial charge in [-0.1, -0.05) is 22.0 Å². The Kier molecular flexibility index (Phi) is 3.99. The van der Waals surface area contributed by atoms with Crippen LogP contribution in [0.2, 0.25) is 0 Å². The highest BCUT2D eigenvalue weighted by Gasteiger charge is 2.09. The Morgan fingerprint density at radius 1 is 1.60 bits per heavy atom. The summed E-state index contributed by atoms with van der Waals surface area (Å²) < 4.78 is 14.0. The first-order valence-electron chi connectivity index (χ1n) is 4.12. The first-order valence-corrected chi connectivity index (χ1v) is 4.91. The molecule has 3 N–H and O–H groups in total. The molecule has 3 nitrogen and oxygen atoms in total. The van der Waals surface area contributed by atoms with E-state index in [1.807, 2.05) is 0 Å². The zero-order valence-corrected chi connectivity index (χ0v) is 9.24. The number of carboxylic acids is 1. The minimum absolute atomic E-state index is 0.252. The van der Waals surface area contributed by atoms with Crippen LogP contribution in [0.25, 0.3) is 0 Å². The molecule has 0 bridgehead atoms. The van der Waals surface area contributed by atoms with Crippen molar-refractivity contribution < 1.29 is 14.3 Å². The van der Waals surface area contributed by atoms with Crippen molar-refractivity contribution >= 4 is 21.9 Å². The SMILES string of the molecule is NC(/C=C/C(=O)O)c1cc(Br)ccc1F. The van der Waals surface area contributed by atoms with Crippen molar-refractivity contribution in [1.29, 1.82) is 0 Å². The van der Waals surface area contributed by atoms with E-state index in [-0.39, 0.29) is 5.56 Å². The zero-order valence-electron chi connectivity index (χ0n) is 7.65. The first-order chi connectivity index (χ1) is 7.00. The average molecular weight is 274 g/mol. The Balaban J connectivity index is 2.95. The van der Waals surface area contributed by atoms with Gasteiger partial charge in [-0.05, 0) is 18.2 Å². The van der Waals surface area contributed by atoms with E-state index in [2.05, 4.69) is 15.9 Å². The van der Waals surface area contributed by atoms with E-state index in [9.17, 15) is 9.18 Å². The van der Waals surface area contributed by atoms with E-state index >= 15 is 0 Å². The molecule has 1 aromatic carbocycles. The van der Waals surface area contributed by atoms with Gasteiger partial charge in [-0.2, -0.15) is 0 Å². The molecule has 15 heavy (non-hydrogen) atoms. The molecule has 80 valence electrons. The van der Waals surface area contributed by atoms with Crippen LogP contribution in [-0.4, -0.2) is 11.1 Å². The molecule has 0 radical (unpaired) electrons. The van der Waals surface area contributed by atoms with Gasteiger partial charge in [0.2, 0.25) is 0 Å². The summed E-state index contributed by atoms with van der Waals surface area (Å²) in [5.41, 5.74) is 5.85. The molecule has 0 heterocycles. The van der Waals surface area contributed by atoms with Crippen LogP contribution in [0.15, 0.2) is 34.8 Å². The molecule has 0 aliphatic heterocycles. The van der Waals surface area contributed by atoms with E-state index in [0.29, 0.717) is 4.47 Å². The summed E-state index contributed by atoms with van der Waals surface area (Å²) in [6, 6.07) is 3.57. The summed E-state index contributed by atoms with van der Waals surface area (Å²) in [6.07, 6.45) is 2.12. The Hall–Kier alpha value is -1.20. The van der Waals surface area contributed by atoms with Crippen LogP contribution in [0.5, 0.6) is 0 Å². The summed E-state index contributed by atoms with van der Waals surface area (Å²) in [4.78, 5) is 10.2. The number of aliphatic carboxylic acids is 1. The van der Waals surface area contributed by atoms with E-state index in [0.717, 1.165) is 6.08 Å². The molecule has 0 fully saturated rings. The molecule has 1 atom stereocenters. The number of rotatable bonds is 3. The Morgan fingerprint density at radius 2 is 2.27 bits per heavy atom. The predicted molar refractivity (Wildman–Crippen MR) is 57.8 cm³/mol. The highest BCUT2D eigenvalue weighted by Crippen LogP contribution is 2.20. The molecule has 0 aliphatic carbocycles. The summed E-state index contributed by atoms with van der Waals surface area (Å²) in [6.45, 7) is 0. The van der Waals surface area contributed by atoms with Gasteiger partial charge in [-0.25, -0.2) is 9.18 Å². The van der Waals surface area contributed by atoms with Crippen molar-refractivity contribution in [1.82, 2.24) is 0 Å². The van der Waals surface area contributed by atoms with Crippen LogP contribution in [0.4, 0.5) is 4.39 Å². The lowest BCUT2D eigenvalue weighted by atomic mass is 10.1. The Bertz CT molecular complexity index is 406. The Labute approximate surface area is 94.5 Å². The summed E-state index contributed by atoms with van der Waals surface area (Å²) in [5.74, 6) is -1.57. The van der Waals surface area contributed by atoms with Gasteiger partial charge in [0.25, 0.3) is 0 Å². The third kappa shape index (κ3) is 3.45. The predicted octanol–water partition coefficient (Wildman–Crippen LogP) is 2.23. The van der Waals surface area contributed by atoms with E-state index < -0.39 is 17.8 Å². The number of hydrogen-bond donors (Lipinski definition) is 2. The minimum Gasteiger partial charge on any atom is -0.478 e. The highest BCUT2D eigenvalue weighted by atomic mass is 79.9. The summed E-state index contributed by atoms with van der Waals surface area (Å²) >= 11 is 3.18. The Morgan fingerprint density at radius 3 is 2.87 bits per heavy atom. The second-order valence-corrected chi connectivity index (χ2v) is 3.80. The quantitative estimate of drug-likeness (QED) is 0.831. The lowest BCUT2D eigenvalue weighted by molar-refractivity contribution is -0.131. The van der Waals surface area contributed by atoms with Crippen LogP contribution in [0.3, 0.4) is 0 Å². The van der Waals surface area contributed by atoms with Crippen molar-refractivity contribution in [2.75, 3.05) is 0 Å². The number of benzene rings is 1. The molecule has 1 unspecified atom stereocenters. The maximum atomic E-state index is 13.3. The second kappa shape index (κ2) is 5.04. The van der Waals surface area contributed by atoms with E-state index in [4.69, 9.17) is 10.8 Å². The lowest BCUT2D eigenvalue weighted by Gasteiger charge is -2.08. The monoisotopic (exact) mass is 273 g/mol. The third-order valence-corrected chi connectivity index (χ3v) is 2.26. The summed E-state index contributed by atoms with van der Waals surface area (Å²) in [7, 11) is 0. The van der Waals surface area contributed by atoms with Crippen molar-refractivity contribution in [2.24, 2.45) is 5.73 Å². The molecular formula is C10H9BrFNO2. The average Bonchev–Trinajstić information content (AvgIpc) is 2.18. The van der Waals surface area contributed by atoms with Crippen molar-refractivity contribution in [3.8, 4) is 0 Å². The minimum atomic E-state index is -1.11. The van der Waals surface area contributed by atoms with Gasteiger partial charge in [0.15, 0.2) is 0 Å². The second-order valence-electron chi connectivity index (χ2n) is 2.89. The van der Waals surface area contributed by atoms with Gasteiger partial charge in [0.1, 0.15) is 5.82 Å². The van der Waals surface area contributed by atoms with Gasteiger partial charge in [0, 0.05) is 16.1 Å². The maximum absolute atomic E-state index is 13.3. The largest absolute Gasteiger partial charge is 0.478 e. The van der Waals surface area contributed by atoms with E-state index in [1.54, 1.807) is 6.07 Å². The first kappa shape index (κ1) is 11.9. The van der Waals surface area contributed by atoms with Crippen LogP contribution in [0, 0.1) is 5.82 Å². The van der Waals surface area contributed by atoms with Crippen molar-refractivity contribution in [3.63, 3.8) is 0 Å². The van der Waals surface area contributed by atoms with Crippen molar-refractivity contribution in [2.45, 2.75) is 6.04 Å². The molecule has 0 saturated carbocycles. The fourth-order valence-corrected chi connectivity index (χ4v) is 1.44. The molecule has 0 saturated heterocycles. The fraction of sp³-hybridized carbons (Fsp3) is 0.100. The van der Waals surface area contributed by atoms with Crippen LogP contribution < -0.4 is 5.73 Å². The molecule has 0 aliphatic rings. The van der Waals surface area contributed by atoms with E-state index in [1.165, 1.54) is 18.2 Å². The van der Waals surface area contributed by atoms with Gasteiger partial charge >= 0.3 is 5.97 Å². The smallest absolute Gasteiger partial charge is 0.328 e. The highest BCUT2D eigenvalue weighted by molar-refractivity contribution is 9.10. The van der Waals surface area contributed by atoms with Gasteiger partial charge < -0.3 is 10.8 Å².